The van der Waals surface area contributed by atoms with Crippen LogP contribution in [-0.4, -0.2) is 13.9 Å². The van der Waals surface area contributed by atoms with Crippen molar-refractivity contribution in [2.75, 3.05) is 0 Å². The molecule has 1 N–H and O–H groups in total. The molecule has 12 heavy (non-hydrogen) atoms. The normalized spacial score (nSPS) is 12.9. The largest absolute Gasteiger partial charge is 0.768 e. The summed E-state index contributed by atoms with van der Waals surface area (Å²) in [4.78, 5) is -0.516. The number of benzene rings is 1. The Morgan fingerprint density at radius 3 is 2.67 bits per heavy atom. The van der Waals surface area contributed by atoms with Crippen LogP contribution in [0.2, 0.25) is 0 Å². The van der Waals surface area contributed by atoms with Crippen LogP contribution in [0.5, 0.6) is 5.75 Å². The van der Waals surface area contributed by atoms with E-state index in [2.05, 4.69) is 0 Å². The van der Waals surface area contributed by atoms with Crippen molar-refractivity contribution in [2.24, 2.45) is 0 Å². The molecule has 1 aromatic rings. The highest BCUT2D eigenvalue weighted by Crippen LogP contribution is 2.22. The lowest BCUT2D eigenvalue weighted by molar-refractivity contribution is 0.462. The number of phenols is 1. The summed E-state index contributed by atoms with van der Waals surface area (Å²) in [7, 11) is 0. The van der Waals surface area contributed by atoms with Crippen LogP contribution < -0.4 is 0 Å². The molecule has 0 aliphatic heterocycles. The van der Waals surface area contributed by atoms with Gasteiger partial charge in [0, 0.05) is 0 Å². The van der Waals surface area contributed by atoms with Crippen molar-refractivity contribution < 1.29 is 18.3 Å². The van der Waals surface area contributed by atoms with Gasteiger partial charge in [0.1, 0.15) is 11.6 Å². The van der Waals surface area contributed by atoms with E-state index in [1.165, 1.54) is 6.92 Å². The van der Waals surface area contributed by atoms with Crippen LogP contribution in [0.4, 0.5) is 4.39 Å². The van der Waals surface area contributed by atoms with Gasteiger partial charge >= 0.3 is 0 Å². The van der Waals surface area contributed by atoms with Gasteiger partial charge in [-0.05, 0) is 35.7 Å². The molecule has 1 aromatic carbocycles. The van der Waals surface area contributed by atoms with E-state index in [-0.39, 0.29) is 5.75 Å². The predicted molar refractivity (Wildman–Crippen MR) is 40.0 cm³/mol. The lowest BCUT2D eigenvalue weighted by Gasteiger charge is -2.07. The van der Waals surface area contributed by atoms with E-state index in [4.69, 9.17) is 5.11 Å². The van der Waals surface area contributed by atoms with E-state index < -0.39 is 21.8 Å². The second kappa shape index (κ2) is 3.20. The first-order valence-electron chi connectivity index (χ1n) is 3.10. The van der Waals surface area contributed by atoms with E-state index in [9.17, 15) is 13.2 Å². The van der Waals surface area contributed by atoms with Crippen molar-refractivity contribution in [3.8, 4) is 5.75 Å². The Morgan fingerprint density at radius 1 is 1.58 bits per heavy atom. The van der Waals surface area contributed by atoms with Gasteiger partial charge in [0.05, 0.1) is 4.90 Å². The number of halogens is 1. The van der Waals surface area contributed by atoms with Crippen molar-refractivity contribution in [1.82, 2.24) is 0 Å². The van der Waals surface area contributed by atoms with Crippen LogP contribution in [-0.2, 0) is 11.1 Å². The van der Waals surface area contributed by atoms with Crippen molar-refractivity contribution in [3.05, 3.63) is 23.5 Å². The number of aryl methyl sites for hydroxylation is 1. The minimum atomic E-state index is -2.64. The Kier molecular flexibility index (Phi) is 2.44. The smallest absolute Gasteiger partial charge is 0.138 e. The van der Waals surface area contributed by atoms with Crippen molar-refractivity contribution >= 4 is 11.1 Å². The highest BCUT2D eigenvalue weighted by atomic mass is 32.2. The van der Waals surface area contributed by atoms with Crippen LogP contribution in [0.1, 0.15) is 5.56 Å². The van der Waals surface area contributed by atoms with E-state index in [1.54, 1.807) is 0 Å². The maximum Gasteiger partial charge on any atom is 0.138 e. The van der Waals surface area contributed by atoms with Crippen LogP contribution >= 0.6 is 0 Å². The first kappa shape index (κ1) is 9.15. The van der Waals surface area contributed by atoms with Crippen LogP contribution in [0.25, 0.3) is 0 Å². The molecule has 0 aliphatic rings. The molecule has 0 bridgehead atoms. The quantitative estimate of drug-likeness (QED) is 0.672. The third kappa shape index (κ3) is 1.62. The molecule has 66 valence electrons. The summed E-state index contributed by atoms with van der Waals surface area (Å²) in [6.07, 6.45) is 0. The molecular formula is C7H6FO3S-. The molecule has 1 rings (SSSR count). The third-order valence-electron chi connectivity index (χ3n) is 1.43. The Hall–Kier alpha value is -0.940. The van der Waals surface area contributed by atoms with Gasteiger partial charge in [0.2, 0.25) is 0 Å². The molecule has 0 heterocycles. The molecule has 1 atom stereocenters. The molecule has 0 aliphatic carbocycles. The molecule has 3 nitrogen and oxygen atoms in total. The van der Waals surface area contributed by atoms with Gasteiger partial charge in [0.25, 0.3) is 0 Å². The maximum atomic E-state index is 12.8. The number of hydrogen-bond donors (Lipinski definition) is 1. The van der Waals surface area contributed by atoms with Crippen molar-refractivity contribution in [2.45, 2.75) is 11.8 Å². The van der Waals surface area contributed by atoms with Crippen LogP contribution in [0.3, 0.4) is 0 Å². The monoisotopic (exact) mass is 189 g/mol. The fourth-order valence-electron chi connectivity index (χ4n) is 0.770. The molecular weight excluding hydrogens is 183 g/mol. The highest BCUT2D eigenvalue weighted by Gasteiger charge is 2.06. The lowest BCUT2D eigenvalue weighted by Crippen LogP contribution is -1.94. The Labute approximate surface area is 71.1 Å². The van der Waals surface area contributed by atoms with Crippen LogP contribution in [0.15, 0.2) is 17.0 Å². The summed E-state index contributed by atoms with van der Waals surface area (Å²) in [5, 5.41) is 9.03. The molecule has 0 amide bonds. The standard InChI is InChI=1S/C7H7FO3S/c1-4-2-5(8)7(12(10)11)3-6(4)9/h2-3,9H,1H3,(H,10,11)/p-1. The molecule has 0 radical (unpaired) electrons. The molecule has 0 saturated heterocycles. The van der Waals surface area contributed by atoms with Gasteiger partial charge in [-0.15, -0.1) is 0 Å². The second-order valence-electron chi connectivity index (χ2n) is 2.30. The summed E-state index contributed by atoms with van der Waals surface area (Å²) < 4.78 is 33.4. The number of hydrogen-bond acceptors (Lipinski definition) is 3. The third-order valence-corrected chi connectivity index (χ3v) is 2.10. The Morgan fingerprint density at radius 2 is 2.17 bits per heavy atom. The highest BCUT2D eigenvalue weighted by molar-refractivity contribution is 7.79. The molecule has 0 spiro atoms. The van der Waals surface area contributed by atoms with E-state index in [0.717, 1.165) is 12.1 Å². The van der Waals surface area contributed by atoms with Gasteiger partial charge in [-0.3, -0.25) is 4.21 Å². The zero-order chi connectivity index (χ0) is 9.30. The predicted octanol–water partition coefficient (Wildman–Crippen LogP) is 1.08. The van der Waals surface area contributed by atoms with E-state index in [0.29, 0.717) is 5.56 Å². The fourth-order valence-corrected chi connectivity index (χ4v) is 1.20. The summed E-state index contributed by atoms with van der Waals surface area (Å²) in [5.41, 5.74) is 0.307. The summed E-state index contributed by atoms with van der Waals surface area (Å²) in [5.74, 6) is -1.07. The summed E-state index contributed by atoms with van der Waals surface area (Å²) in [6.45, 7) is 1.48. The van der Waals surface area contributed by atoms with Gasteiger partial charge in [-0.1, -0.05) is 0 Å². The zero-order valence-corrected chi connectivity index (χ0v) is 7.02. The second-order valence-corrected chi connectivity index (χ2v) is 3.21. The summed E-state index contributed by atoms with van der Waals surface area (Å²) >= 11 is -2.64. The number of phenolic OH excluding ortho intramolecular Hbond substituents is 1. The average molecular weight is 189 g/mol. The number of rotatable bonds is 1. The number of aromatic hydroxyl groups is 1. The van der Waals surface area contributed by atoms with Gasteiger partial charge in [-0.25, -0.2) is 4.39 Å². The average Bonchev–Trinajstić information content (AvgIpc) is 1.96. The fraction of sp³-hybridized carbons (Fsp3) is 0.143. The van der Waals surface area contributed by atoms with E-state index >= 15 is 0 Å². The minimum absolute atomic E-state index is 0.226. The summed E-state index contributed by atoms with van der Waals surface area (Å²) in [6, 6.07) is 1.86. The maximum absolute atomic E-state index is 12.8. The lowest BCUT2D eigenvalue weighted by atomic mass is 10.2. The Bertz CT molecular complexity index is 338. The van der Waals surface area contributed by atoms with Crippen molar-refractivity contribution in [1.29, 1.82) is 0 Å². The molecule has 1 unspecified atom stereocenters. The SMILES string of the molecule is Cc1cc(F)c(S(=O)[O-])cc1O. The molecule has 0 fully saturated rings. The van der Waals surface area contributed by atoms with Gasteiger partial charge in [-0.2, -0.15) is 0 Å². The van der Waals surface area contributed by atoms with Gasteiger partial charge < -0.3 is 9.66 Å². The minimum Gasteiger partial charge on any atom is -0.768 e. The first-order valence-corrected chi connectivity index (χ1v) is 4.18. The molecule has 0 aromatic heterocycles. The molecule has 0 saturated carbocycles. The zero-order valence-electron chi connectivity index (χ0n) is 6.20. The van der Waals surface area contributed by atoms with Crippen molar-refractivity contribution in [3.63, 3.8) is 0 Å². The topological polar surface area (TPSA) is 60.4 Å². The van der Waals surface area contributed by atoms with Crippen LogP contribution in [0, 0.1) is 12.7 Å². The molecule has 5 heteroatoms. The van der Waals surface area contributed by atoms with Gasteiger partial charge in [0.15, 0.2) is 0 Å². The van der Waals surface area contributed by atoms with E-state index in [1.807, 2.05) is 0 Å². The Balaban J connectivity index is 3.33. The first-order chi connectivity index (χ1) is 5.52.